The lowest BCUT2D eigenvalue weighted by Gasteiger charge is -2.33. The summed E-state index contributed by atoms with van der Waals surface area (Å²) < 4.78 is 38.7. The van der Waals surface area contributed by atoms with Gasteiger partial charge in [-0.2, -0.15) is 13.2 Å². The summed E-state index contributed by atoms with van der Waals surface area (Å²) in [6, 6.07) is 5.19. The van der Waals surface area contributed by atoms with Gasteiger partial charge in [0.05, 0.1) is 17.4 Å². The summed E-state index contributed by atoms with van der Waals surface area (Å²) >= 11 is 0. The predicted octanol–water partition coefficient (Wildman–Crippen LogP) is 3.43. The summed E-state index contributed by atoms with van der Waals surface area (Å²) in [6.07, 6.45) is -2.93. The first-order chi connectivity index (χ1) is 13.6. The molecule has 0 spiro atoms. The molecule has 0 aliphatic carbocycles. The van der Waals surface area contributed by atoms with Crippen LogP contribution in [-0.4, -0.2) is 57.1 Å². The van der Waals surface area contributed by atoms with E-state index in [1.807, 2.05) is 0 Å². The molecule has 1 saturated heterocycles. The van der Waals surface area contributed by atoms with E-state index >= 15 is 0 Å². The fraction of sp³-hybridized carbons (Fsp3) is 0.500. The molecule has 1 fully saturated rings. The van der Waals surface area contributed by atoms with Crippen LogP contribution in [0.1, 0.15) is 30.9 Å². The van der Waals surface area contributed by atoms with Gasteiger partial charge in [0.1, 0.15) is 11.6 Å². The third kappa shape index (κ3) is 5.36. The number of aryl methyl sites for hydroxylation is 1. The van der Waals surface area contributed by atoms with Crippen molar-refractivity contribution in [1.82, 2.24) is 15.1 Å². The smallest absolute Gasteiger partial charge is 0.416 e. The molecule has 9 heteroatoms. The van der Waals surface area contributed by atoms with Gasteiger partial charge in [0.2, 0.25) is 0 Å². The van der Waals surface area contributed by atoms with E-state index in [1.165, 1.54) is 6.92 Å². The Morgan fingerprint density at radius 1 is 1.28 bits per heavy atom. The van der Waals surface area contributed by atoms with Gasteiger partial charge in [-0.3, -0.25) is 4.90 Å². The minimum atomic E-state index is -4.53. The lowest BCUT2D eigenvalue weighted by Crippen LogP contribution is -2.44. The first kappa shape index (κ1) is 21.3. The van der Waals surface area contributed by atoms with Gasteiger partial charge < -0.3 is 15.5 Å². The molecule has 3 N–H and O–H groups in total. The van der Waals surface area contributed by atoms with Crippen LogP contribution in [0.5, 0.6) is 5.75 Å². The predicted molar refractivity (Wildman–Crippen MR) is 104 cm³/mol. The standard InChI is InChI=1S/C20H25F3N4O2/c1-12-8-14(20(21,22)23)9-17(29)19(12)16-5-6-18(26-25-16)24-15-4-3-7-27(11-15)10-13(2)28/h5-6,8-9,13,15,28-29H,3-4,7,10-11H2,1-2H3,(H,24,26)/t13?,15-/m1/s1. The van der Waals surface area contributed by atoms with E-state index in [4.69, 9.17) is 0 Å². The highest BCUT2D eigenvalue weighted by atomic mass is 19.4. The maximum absolute atomic E-state index is 12.9. The van der Waals surface area contributed by atoms with Crippen molar-refractivity contribution in [2.45, 2.75) is 45.0 Å². The number of hydrogen-bond acceptors (Lipinski definition) is 6. The Balaban J connectivity index is 1.72. The number of likely N-dealkylation sites (tertiary alicyclic amines) is 1. The third-order valence-electron chi connectivity index (χ3n) is 4.94. The Bertz CT molecular complexity index is 818. The zero-order chi connectivity index (χ0) is 21.2. The Hall–Kier alpha value is -2.39. The second-order valence-electron chi connectivity index (χ2n) is 7.58. The Morgan fingerprint density at radius 2 is 2.03 bits per heavy atom. The second-order valence-corrected chi connectivity index (χ2v) is 7.58. The number of anilines is 1. The van der Waals surface area contributed by atoms with E-state index in [2.05, 4.69) is 20.4 Å². The van der Waals surface area contributed by atoms with Crippen LogP contribution in [0.15, 0.2) is 24.3 Å². The summed E-state index contributed by atoms with van der Waals surface area (Å²) in [7, 11) is 0. The summed E-state index contributed by atoms with van der Waals surface area (Å²) in [5.74, 6) is 0.0788. The van der Waals surface area contributed by atoms with Crippen LogP contribution in [0.2, 0.25) is 0 Å². The van der Waals surface area contributed by atoms with Gasteiger partial charge in [0, 0.05) is 24.7 Å². The molecule has 2 atom stereocenters. The normalized spacial score (nSPS) is 19.2. The first-order valence-electron chi connectivity index (χ1n) is 9.55. The minimum absolute atomic E-state index is 0.170. The molecular weight excluding hydrogens is 385 g/mol. The van der Waals surface area contributed by atoms with Crippen molar-refractivity contribution < 1.29 is 23.4 Å². The molecule has 2 aromatic rings. The average Bonchev–Trinajstić information content (AvgIpc) is 2.61. The monoisotopic (exact) mass is 410 g/mol. The molecule has 1 aromatic carbocycles. The highest BCUT2D eigenvalue weighted by molar-refractivity contribution is 5.71. The minimum Gasteiger partial charge on any atom is -0.507 e. The van der Waals surface area contributed by atoms with E-state index in [0.717, 1.165) is 32.0 Å². The van der Waals surface area contributed by atoms with Gasteiger partial charge in [-0.1, -0.05) is 0 Å². The first-order valence-corrected chi connectivity index (χ1v) is 9.55. The molecule has 6 nitrogen and oxygen atoms in total. The number of aliphatic hydroxyl groups is 1. The van der Waals surface area contributed by atoms with Crippen molar-refractivity contribution in [3.63, 3.8) is 0 Å². The van der Waals surface area contributed by atoms with Gasteiger partial charge in [0.15, 0.2) is 0 Å². The van der Waals surface area contributed by atoms with Crippen molar-refractivity contribution in [1.29, 1.82) is 0 Å². The van der Waals surface area contributed by atoms with Crippen molar-refractivity contribution in [3.05, 3.63) is 35.4 Å². The fourth-order valence-electron chi connectivity index (χ4n) is 3.73. The number of benzene rings is 1. The summed E-state index contributed by atoms with van der Waals surface area (Å²) in [4.78, 5) is 2.19. The van der Waals surface area contributed by atoms with Crippen LogP contribution >= 0.6 is 0 Å². The molecular formula is C20H25F3N4O2. The number of halogens is 3. The number of phenols is 1. The molecule has 1 aromatic heterocycles. The summed E-state index contributed by atoms with van der Waals surface area (Å²) in [5, 5.41) is 31.2. The largest absolute Gasteiger partial charge is 0.507 e. The topological polar surface area (TPSA) is 81.5 Å². The third-order valence-corrected chi connectivity index (χ3v) is 4.94. The number of aromatic nitrogens is 2. The van der Waals surface area contributed by atoms with E-state index < -0.39 is 17.5 Å². The van der Waals surface area contributed by atoms with Crippen molar-refractivity contribution in [2.24, 2.45) is 0 Å². The number of nitrogens with one attached hydrogen (secondary N) is 1. The quantitative estimate of drug-likeness (QED) is 0.701. The van der Waals surface area contributed by atoms with E-state index in [0.29, 0.717) is 24.1 Å². The van der Waals surface area contributed by atoms with Gasteiger partial charge in [-0.15, -0.1) is 10.2 Å². The Kier molecular flexibility index (Phi) is 6.28. The fourth-order valence-corrected chi connectivity index (χ4v) is 3.73. The number of aromatic hydroxyl groups is 1. The molecule has 0 radical (unpaired) electrons. The number of β-amino-alcohol motifs (C(OH)–C–C–N with tert-alkyl or cyclic N) is 1. The van der Waals surface area contributed by atoms with Gasteiger partial charge in [-0.25, -0.2) is 0 Å². The molecule has 158 valence electrons. The lowest BCUT2D eigenvalue weighted by molar-refractivity contribution is -0.137. The van der Waals surface area contributed by atoms with Crippen LogP contribution in [-0.2, 0) is 6.18 Å². The number of rotatable bonds is 5. The van der Waals surface area contributed by atoms with Crippen LogP contribution < -0.4 is 5.32 Å². The maximum atomic E-state index is 12.9. The molecule has 0 saturated carbocycles. The zero-order valence-corrected chi connectivity index (χ0v) is 16.4. The number of piperidine rings is 1. The van der Waals surface area contributed by atoms with E-state index in [1.54, 1.807) is 19.1 Å². The highest BCUT2D eigenvalue weighted by Gasteiger charge is 2.32. The molecule has 0 amide bonds. The number of aliphatic hydroxyl groups excluding tert-OH is 1. The Labute approximate surface area is 167 Å². The zero-order valence-electron chi connectivity index (χ0n) is 16.4. The maximum Gasteiger partial charge on any atom is 0.416 e. The second kappa shape index (κ2) is 8.54. The molecule has 0 bridgehead atoms. The van der Waals surface area contributed by atoms with Crippen molar-refractivity contribution in [3.8, 4) is 17.0 Å². The molecule has 29 heavy (non-hydrogen) atoms. The summed E-state index contributed by atoms with van der Waals surface area (Å²) in [6.45, 7) is 5.61. The Morgan fingerprint density at radius 3 is 2.62 bits per heavy atom. The van der Waals surface area contributed by atoms with Crippen molar-refractivity contribution in [2.75, 3.05) is 25.0 Å². The van der Waals surface area contributed by atoms with Crippen LogP contribution in [0.3, 0.4) is 0 Å². The molecule has 3 rings (SSSR count). The van der Waals surface area contributed by atoms with Gasteiger partial charge in [0.25, 0.3) is 0 Å². The van der Waals surface area contributed by atoms with E-state index in [9.17, 15) is 23.4 Å². The molecule has 1 unspecified atom stereocenters. The van der Waals surface area contributed by atoms with Crippen LogP contribution in [0, 0.1) is 6.92 Å². The molecule has 2 heterocycles. The number of hydrogen-bond donors (Lipinski definition) is 3. The molecule has 1 aliphatic rings. The lowest BCUT2D eigenvalue weighted by atomic mass is 10.0. The SMILES string of the molecule is Cc1cc(C(F)(F)F)cc(O)c1-c1ccc(N[C@@H]2CCCN(CC(C)O)C2)nn1. The van der Waals surface area contributed by atoms with E-state index in [-0.39, 0.29) is 23.3 Å². The van der Waals surface area contributed by atoms with Gasteiger partial charge >= 0.3 is 6.18 Å². The van der Waals surface area contributed by atoms with Crippen molar-refractivity contribution >= 4 is 5.82 Å². The number of alkyl halides is 3. The number of nitrogens with zero attached hydrogens (tertiary/aromatic N) is 3. The molecule has 1 aliphatic heterocycles. The average molecular weight is 410 g/mol. The number of phenolic OH excluding ortho intramolecular Hbond substituents is 1. The highest BCUT2D eigenvalue weighted by Crippen LogP contribution is 2.38. The van der Waals surface area contributed by atoms with Gasteiger partial charge in [-0.05, 0) is 63.1 Å². The van der Waals surface area contributed by atoms with Crippen LogP contribution in [0.4, 0.5) is 19.0 Å². The van der Waals surface area contributed by atoms with Crippen LogP contribution in [0.25, 0.3) is 11.3 Å². The summed E-state index contributed by atoms with van der Waals surface area (Å²) in [5.41, 5.74) is -0.0913.